The SMILES string of the molecule is C=C(Nc1ccc(C)c(-c2cc3cnc(=Nc4ncns4)nc-3n3c2NCC3)c1)c1cc(C)ccn1. The van der Waals surface area contributed by atoms with Crippen molar-refractivity contribution >= 4 is 33.9 Å². The highest BCUT2D eigenvalue weighted by molar-refractivity contribution is 7.09. The van der Waals surface area contributed by atoms with Gasteiger partial charge in [0, 0.05) is 53.8 Å². The number of nitrogens with one attached hydrogen (secondary N) is 2. The summed E-state index contributed by atoms with van der Waals surface area (Å²) < 4.78 is 6.18. The smallest absolute Gasteiger partial charge is 0.254 e. The molecule has 0 unspecified atom stereocenters. The molecular weight excluding hydrogens is 470 g/mol. The maximum atomic E-state index is 4.73. The van der Waals surface area contributed by atoms with Crippen LogP contribution in [0.25, 0.3) is 28.2 Å². The van der Waals surface area contributed by atoms with Gasteiger partial charge in [-0.2, -0.15) is 14.3 Å². The number of benzene rings is 1. The predicted molar refractivity (Wildman–Crippen MR) is 142 cm³/mol. The van der Waals surface area contributed by atoms with Crippen LogP contribution in [0.2, 0.25) is 0 Å². The largest absolute Gasteiger partial charge is 0.369 e. The van der Waals surface area contributed by atoms with Crippen LogP contribution in [0.15, 0.2) is 66.7 Å². The molecular formula is C26H23N9S. The van der Waals surface area contributed by atoms with Gasteiger partial charge in [0.25, 0.3) is 5.62 Å². The van der Waals surface area contributed by atoms with Gasteiger partial charge in [0.1, 0.15) is 18.0 Å². The van der Waals surface area contributed by atoms with Gasteiger partial charge in [0.2, 0.25) is 5.13 Å². The van der Waals surface area contributed by atoms with Crippen molar-refractivity contribution in [2.24, 2.45) is 4.99 Å². The molecule has 0 radical (unpaired) electrons. The fraction of sp³-hybridized carbons (Fsp3) is 0.154. The van der Waals surface area contributed by atoms with Crippen molar-refractivity contribution in [3.05, 3.63) is 84.1 Å². The molecule has 0 spiro atoms. The summed E-state index contributed by atoms with van der Waals surface area (Å²) in [5.41, 5.74) is 8.37. The van der Waals surface area contributed by atoms with Crippen molar-refractivity contribution < 1.29 is 0 Å². The van der Waals surface area contributed by atoms with Crippen molar-refractivity contribution in [1.82, 2.24) is 28.9 Å². The summed E-state index contributed by atoms with van der Waals surface area (Å²) in [6.07, 6.45) is 5.10. The third kappa shape index (κ3) is 4.11. The van der Waals surface area contributed by atoms with Gasteiger partial charge in [-0.05, 0) is 60.9 Å². The van der Waals surface area contributed by atoms with Crippen molar-refractivity contribution in [2.45, 2.75) is 20.4 Å². The van der Waals surface area contributed by atoms with E-state index in [0.717, 1.165) is 64.1 Å². The highest BCUT2D eigenvalue weighted by Crippen LogP contribution is 2.39. The lowest BCUT2D eigenvalue weighted by molar-refractivity contribution is 0.780. The third-order valence-electron chi connectivity index (χ3n) is 6.08. The van der Waals surface area contributed by atoms with Crippen LogP contribution in [-0.4, -0.2) is 35.4 Å². The normalized spacial score (nSPS) is 13.0. The third-order valence-corrected chi connectivity index (χ3v) is 6.64. The molecule has 36 heavy (non-hydrogen) atoms. The van der Waals surface area contributed by atoms with E-state index in [9.17, 15) is 0 Å². The van der Waals surface area contributed by atoms with Gasteiger partial charge >= 0.3 is 0 Å². The summed E-state index contributed by atoms with van der Waals surface area (Å²) in [6.45, 7) is 9.99. The van der Waals surface area contributed by atoms with Crippen LogP contribution < -0.4 is 16.3 Å². The fourth-order valence-corrected chi connectivity index (χ4v) is 4.76. The molecule has 0 amide bonds. The van der Waals surface area contributed by atoms with Crippen LogP contribution in [-0.2, 0) is 6.54 Å². The van der Waals surface area contributed by atoms with Crippen molar-refractivity contribution in [1.29, 1.82) is 0 Å². The molecule has 3 aliphatic rings. The number of nitrogens with zero attached hydrogens (tertiary/aromatic N) is 7. The van der Waals surface area contributed by atoms with Gasteiger partial charge < -0.3 is 15.2 Å². The highest BCUT2D eigenvalue weighted by Gasteiger charge is 2.23. The molecule has 0 atom stereocenters. The molecule has 10 heteroatoms. The zero-order valence-corrected chi connectivity index (χ0v) is 20.7. The van der Waals surface area contributed by atoms with E-state index in [1.165, 1.54) is 23.4 Å². The molecule has 9 nitrogen and oxygen atoms in total. The van der Waals surface area contributed by atoms with E-state index < -0.39 is 0 Å². The number of rotatable bonds is 5. The summed E-state index contributed by atoms with van der Waals surface area (Å²) in [5, 5.41) is 7.51. The van der Waals surface area contributed by atoms with Crippen LogP contribution in [0, 0.1) is 13.8 Å². The van der Waals surface area contributed by atoms with Gasteiger partial charge in [0.05, 0.1) is 11.4 Å². The molecule has 1 aromatic carbocycles. The van der Waals surface area contributed by atoms with Crippen LogP contribution in [0.4, 0.5) is 16.6 Å². The summed E-state index contributed by atoms with van der Waals surface area (Å²) >= 11 is 1.21. The van der Waals surface area contributed by atoms with Crippen molar-refractivity contribution in [3.8, 4) is 22.5 Å². The van der Waals surface area contributed by atoms with E-state index in [1.54, 1.807) is 6.20 Å². The van der Waals surface area contributed by atoms with Gasteiger partial charge in [0.15, 0.2) is 0 Å². The van der Waals surface area contributed by atoms with Gasteiger partial charge in [-0.1, -0.05) is 12.6 Å². The topological polar surface area (TPSA) is 106 Å². The molecule has 0 saturated heterocycles. The lowest BCUT2D eigenvalue weighted by atomic mass is 9.98. The monoisotopic (exact) mass is 493 g/mol. The maximum absolute atomic E-state index is 4.73. The Hall–Kier alpha value is -4.44. The van der Waals surface area contributed by atoms with Crippen molar-refractivity contribution in [2.75, 3.05) is 17.2 Å². The molecule has 2 aromatic heterocycles. The molecule has 178 valence electrons. The summed E-state index contributed by atoms with van der Waals surface area (Å²) in [6, 6.07) is 12.5. The Morgan fingerprint density at radius 1 is 1.11 bits per heavy atom. The minimum atomic E-state index is 0.374. The van der Waals surface area contributed by atoms with Gasteiger partial charge in [-0.25, -0.2) is 9.97 Å². The molecule has 2 N–H and O–H groups in total. The average Bonchev–Trinajstić information content (AvgIpc) is 3.57. The lowest BCUT2D eigenvalue weighted by Gasteiger charge is -2.19. The predicted octanol–water partition coefficient (Wildman–Crippen LogP) is 4.65. The number of hydrogen-bond acceptors (Lipinski definition) is 9. The van der Waals surface area contributed by atoms with Crippen molar-refractivity contribution in [3.63, 3.8) is 0 Å². The Morgan fingerprint density at radius 2 is 2.03 bits per heavy atom. The second kappa shape index (κ2) is 8.97. The Morgan fingerprint density at radius 3 is 2.86 bits per heavy atom. The number of anilines is 2. The lowest BCUT2D eigenvalue weighted by Crippen LogP contribution is -2.17. The summed E-state index contributed by atoms with van der Waals surface area (Å²) in [7, 11) is 0. The zero-order valence-electron chi connectivity index (χ0n) is 19.9. The fourth-order valence-electron chi connectivity index (χ4n) is 4.35. The molecule has 3 aliphatic heterocycles. The van der Waals surface area contributed by atoms with E-state index in [2.05, 4.69) is 77.3 Å². The first-order valence-electron chi connectivity index (χ1n) is 11.5. The van der Waals surface area contributed by atoms with E-state index in [4.69, 9.17) is 4.98 Å². The minimum Gasteiger partial charge on any atom is -0.369 e. The first-order valence-corrected chi connectivity index (χ1v) is 12.3. The molecule has 3 aromatic rings. The Bertz CT molecular complexity index is 1640. The van der Waals surface area contributed by atoms with E-state index in [1.807, 2.05) is 25.3 Å². The number of aromatic nitrogens is 6. The standard InChI is InChI=1S/C26H23N9S/c1-15-6-7-27-22(10-15)17(3)32-19-5-4-16(2)20(12-19)21-11-18-13-29-25(34-26-30-14-31-36-26)33-23(18)35-9-8-28-24(21)35/h4-7,10-14,28,32H,3,8-9H2,1-2H3. The maximum Gasteiger partial charge on any atom is 0.254 e. The number of pyridine rings is 2. The van der Waals surface area contributed by atoms with Crippen LogP contribution in [0.5, 0.6) is 0 Å². The average molecular weight is 494 g/mol. The Labute approximate surface area is 211 Å². The minimum absolute atomic E-state index is 0.374. The van der Waals surface area contributed by atoms with Crippen LogP contribution in [0.3, 0.4) is 0 Å². The van der Waals surface area contributed by atoms with Gasteiger partial charge in [-0.15, -0.1) is 0 Å². The first kappa shape index (κ1) is 22.1. The molecule has 6 rings (SSSR count). The second-order valence-corrected chi connectivity index (χ2v) is 9.38. The number of fused-ring (bicyclic) bond motifs is 3. The quantitative estimate of drug-likeness (QED) is 0.367. The first-order chi connectivity index (χ1) is 17.5. The summed E-state index contributed by atoms with van der Waals surface area (Å²) in [4.78, 5) is 22.1. The van der Waals surface area contributed by atoms with E-state index >= 15 is 0 Å². The number of aryl methyl sites for hydroxylation is 2. The van der Waals surface area contributed by atoms with E-state index in [-0.39, 0.29) is 0 Å². The Kier molecular flexibility index (Phi) is 5.49. The molecule has 0 fully saturated rings. The van der Waals surface area contributed by atoms with Crippen LogP contribution in [0.1, 0.15) is 16.8 Å². The highest BCUT2D eigenvalue weighted by atomic mass is 32.1. The molecule has 0 aliphatic carbocycles. The van der Waals surface area contributed by atoms with Crippen LogP contribution >= 0.6 is 11.5 Å². The molecule has 0 saturated carbocycles. The summed E-state index contributed by atoms with van der Waals surface area (Å²) in [5.74, 6) is 1.87. The van der Waals surface area contributed by atoms with E-state index in [0.29, 0.717) is 10.7 Å². The molecule has 0 bridgehead atoms. The number of hydrogen-bond donors (Lipinski definition) is 2. The zero-order chi connectivity index (χ0) is 24.6. The second-order valence-electron chi connectivity index (χ2n) is 8.62. The Balaban J connectivity index is 1.41. The molecule has 5 heterocycles. The van der Waals surface area contributed by atoms with Gasteiger partial charge in [-0.3, -0.25) is 4.98 Å².